The molecule has 0 fully saturated rings. The van der Waals surface area contributed by atoms with Gasteiger partial charge in [0.15, 0.2) is 0 Å². The minimum absolute atomic E-state index is 0.0126. The van der Waals surface area contributed by atoms with E-state index in [2.05, 4.69) is 4.98 Å². The van der Waals surface area contributed by atoms with Crippen LogP contribution in [0, 0.1) is 13.8 Å². The Morgan fingerprint density at radius 3 is 2.45 bits per heavy atom. The van der Waals surface area contributed by atoms with Crippen molar-refractivity contribution >= 4 is 11.6 Å². The van der Waals surface area contributed by atoms with Crippen LogP contribution in [0.25, 0.3) is 0 Å². The van der Waals surface area contributed by atoms with Crippen molar-refractivity contribution in [2.75, 3.05) is 11.9 Å². The Balaban J connectivity index is 2.04. The van der Waals surface area contributed by atoms with Crippen LogP contribution in [-0.4, -0.2) is 22.5 Å². The second-order valence-corrected chi connectivity index (χ2v) is 4.83. The number of aryl methyl sites for hydroxylation is 1. The molecule has 1 amide bonds. The fourth-order valence-electron chi connectivity index (χ4n) is 2.11. The lowest BCUT2D eigenvalue weighted by Crippen LogP contribution is -2.29. The van der Waals surface area contributed by atoms with E-state index >= 15 is 0 Å². The van der Waals surface area contributed by atoms with Gasteiger partial charge in [-0.1, -0.05) is 18.2 Å². The van der Waals surface area contributed by atoms with Gasteiger partial charge in [-0.2, -0.15) is 0 Å². The van der Waals surface area contributed by atoms with Gasteiger partial charge in [0.2, 0.25) is 5.91 Å². The average Bonchev–Trinajstić information content (AvgIpc) is 2.70. The Labute approximate surface area is 117 Å². The number of hydrogen-bond acceptors (Lipinski definition) is 2. The number of H-pyrrole nitrogens is 1. The molecule has 0 saturated heterocycles. The van der Waals surface area contributed by atoms with Crippen molar-refractivity contribution in [3.05, 3.63) is 52.2 Å². The molecule has 1 N–H and O–H groups in total. The summed E-state index contributed by atoms with van der Waals surface area (Å²) >= 11 is 0. The van der Waals surface area contributed by atoms with E-state index in [0.717, 1.165) is 17.1 Å². The number of anilines is 1. The highest BCUT2D eigenvalue weighted by atomic mass is 16.2. The Bertz CT molecular complexity index is 656. The molecule has 0 unspecified atom stereocenters. The molecule has 5 nitrogen and oxygen atoms in total. The van der Waals surface area contributed by atoms with E-state index in [1.165, 1.54) is 0 Å². The van der Waals surface area contributed by atoms with Crippen LogP contribution in [0.15, 0.2) is 35.1 Å². The first kappa shape index (κ1) is 14.1. The van der Waals surface area contributed by atoms with E-state index in [0.29, 0.717) is 13.0 Å². The maximum Gasteiger partial charge on any atom is 0.325 e. The highest BCUT2D eigenvalue weighted by Gasteiger charge is 2.13. The van der Waals surface area contributed by atoms with Gasteiger partial charge >= 0.3 is 5.69 Å². The van der Waals surface area contributed by atoms with Crippen LogP contribution in [0.3, 0.4) is 0 Å². The molecule has 1 heterocycles. The van der Waals surface area contributed by atoms with Crippen molar-refractivity contribution in [2.24, 2.45) is 0 Å². The first-order chi connectivity index (χ1) is 9.50. The Kier molecular flexibility index (Phi) is 4.08. The molecule has 20 heavy (non-hydrogen) atoms. The molecule has 0 bridgehead atoms. The van der Waals surface area contributed by atoms with E-state index < -0.39 is 0 Å². The molecule has 5 heteroatoms. The lowest BCUT2D eigenvalue weighted by atomic mass is 10.2. The van der Waals surface area contributed by atoms with Crippen LogP contribution in [-0.2, 0) is 11.3 Å². The van der Waals surface area contributed by atoms with Gasteiger partial charge in [0.25, 0.3) is 0 Å². The Hall–Kier alpha value is -2.30. The summed E-state index contributed by atoms with van der Waals surface area (Å²) in [5.74, 6) is -0.0126. The second-order valence-electron chi connectivity index (χ2n) is 4.83. The van der Waals surface area contributed by atoms with Gasteiger partial charge in [-0.25, -0.2) is 4.79 Å². The molecule has 0 aliphatic carbocycles. The highest BCUT2D eigenvalue weighted by molar-refractivity contribution is 5.92. The normalized spacial score (nSPS) is 10.6. The van der Waals surface area contributed by atoms with Crippen molar-refractivity contribution in [2.45, 2.75) is 26.8 Å². The fraction of sp³-hybridized carbons (Fsp3) is 0.333. The smallest absolute Gasteiger partial charge is 0.315 e. The van der Waals surface area contributed by atoms with Crippen molar-refractivity contribution in [3.63, 3.8) is 0 Å². The molecule has 1 aromatic heterocycles. The van der Waals surface area contributed by atoms with Crippen molar-refractivity contribution in [1.29, 1.82) is 0 Å². The first-order valence-electron chi connectivity index (χ1n) is 6.58. The molecular formula is C15H19N3O2. The van der Waals surface area contributed by atoms with Crippen LogP contribution in [0.4, 0.5) is 5.69 Å². The molecule has 0 atom stereocenters. The summed E-state index contributed by atoms with van der Waals surface area (Å²) in [5, 5.41) is 0. The maximum absolute atomic E-state index is 12.1. The first-order valence-corrected chi connectivity index (χ1v) is 6.58. The number of carbonyl (C=O) groups is 1. The van der Waals surface area contributed by atoms with Crippen LogP contribution < -0.4 is 10.6 Å². The average molecular weight is 273 g/mol. The summed E-state index contributed by atoms with van der Waals surface area (Å²) in [6.45, 7) is 4.12. The quantitative estimate of drug-likeness (QED) is 0.924. The van der Waals surface area contributed by atoms with Crippen LogP contribution >= 0.6 is 0 Å². The predicted molar refractivity (Wildman–Crippen MR) is 79.0 cm³/mol. The zero-order valence-electron chi connectivity index (χ0n) is 12.0. The summed E-state index contributed by atoms with van der Waals surface area (Å²) in [7, 11) is 1.75. The number of benzene rings is 1. The third-order valence-corrected chi connectivity index (χ3v) is 3.55. The lowest BCUT2D eigenvalue weighted by molar-refractivity contribution is -0.118. The number of amides is 1. The largest absolute Gasteiger partial charge is 0.325 e. The Morgan fingerprint density at radius 1 is 1.25 bits per heavy atom. The topological polar surface area (TPSA) is 58.1 Å². The van der Waals surface area contributed by atoms with Gasteiger partial charge in [0, 0.05) is 37.1 Å². The summed E-state index contributed by atoms with van der Waals surface area (Å²) in [5.41, 5.74) is 2.42. The Morgan fingerprint density at radius 2 is 1.90 bits per heavy atom. The third kappa shape index (κ3) is 2.82. The predicted octanol–water partition coefficient (Wildman–Crippen LogP) is 1.85. The van der Waals surface area contributed by atoms with E-state index in [-0.39, 0.29) is 11.6 Å². The minimum Gasteiger partial charge on any atom is -0.315 e. The van der Waals surface area contributed by atoms with Gasteiger partial charge in [0.05, 0.1) is 0 Å². The standard InChI is InChI=1S/C15H19N3O2/c1-11-12(2)18(15(20)16-11)10-9-14(19)17(3)13-7-5-4-6-8-13/h4-8H,9-10H2,1-3H3,(H,16,20). The van der Waals surface area contributed by atoms with Crippen LogP contribution in [0.2, 0.25) is 0 Å². The van der Waals surface area contributed by atoms with Gasteiger partial charge in [-0.05, 0) is 26.0 Å². The summed E-state index contributed by atoms with van der Waals surface area (Å²) < 4.78 is 1.60. The number of carbonyl (C=O) groups excluding carboxylic acids is 1. The van der Waals surface area contributed by atoms with Crippen molar-refractivity contribution in [3.8, 4) is 0 Å². The van der Waals surface area contributed by atoms with Crippen LogP contribution in [0.5, 0.6) is 0 Å². The molecule has 0 aliphatic heterocycles. The molecule has 1 aromatic carbocycles. The second kappa shape index (κ2) is 5.77. The summed E-state index contributed by atoms with van der Waals surface area (Å²) in [4.78, 5) is 28.2. The van der Waals surface area contributed by atoms with E-state index in [4.69, 9.17) is 0 Å². The number of rotatable bonds is 4. The van der Waals surface area contributed by atoms with Crippen molar-refractivity contribution < 1.29 is 4.79 Å². The molecule has 0 radical (unpaired) electrons. The number of hydrogen-bond donors (Lipinski definition) is 1. The summed E-state index contributed by atoms with van der Waals surface area (Å²) in [6, 6.07) is 9.46. The van der Waals surface area contributed by atoms with Crippen LogP contribution in [0.1, 0.15) is 17.8 Å². The zero-order chi connectivity index (χ0) is 14.7. The number of para-hydroxylation sites is 1. The minimum atomic E-state index is -0.157. The number of nitrogens with zero attached hydrogens (tertiary/aromatic N) is 2. The van der Waals surface area contributed by atoms with Crippen molar-refractivity contribution in [1.82, 2.24) is 9.55 Å². The summed E-state index contributed by atoms with van der Waals surface area (Å²) in [6.07, 6.45) is 0.295. The van der Waals surface area contributed by atoms with E-state index in [9.17, 15) is 9.59 Å². The molecule has 0 aliphatic rings. The number of imidazole rings is 1. The third-order valence-electron chi connectivity index (χ3n) is 3.55. The molecule has 2 rings (SSSR count). The van der Waals surface area contributed by atoms with E-state index in [1.54, 1.807) is 16.5 Å². The SMILES string of the molecule is Cc1[nH]c(=O)n(CCC(=O)N(C)c2ccccc2)c1C. The number of aromatic nitrogens is 2. The monoisotopic (exact) mass is 273 g/mol. The molecule has 2 aromatic rings. The lowest BCUT2D eigenvalue weighted by Gasteiger charge is -2.17. The number of nitrogens with one attached hydrogen (secondary N) is 1. The molecule has 106 valence electrons. The van der Waals surface area contributed by atoms with Gasteiger partial charge in [-0.15, -0.1) is 0 Å². The highest BCUT2D eigenvalue weighted by Crippen LogP contribution is 2.12. The van der Waals surface area contributed by atoms with Gasteiger partial charge < -0.3 is 9.88 Å². The van der Waals surface area contributed by atoms with E-state index in [1.807, 2.05) is 44.2 Å². The fourth-order valence-corrected chi connectivity index (χ4v) is 2.11. The zero-order valence-corrected chi connectivity index (χ0v) is 12.0. The van der Waals surface area contributed by atoms with Gasteiger partial charge in [-0.3, -0.25) is 9.36 Å². The number of aromatic amines is 1. The molecule has 0 spiro atoms. The molecular weight excluding hydrogens is 254 g/mol. The van der Waals surface area contributed by atoms with Gasteiger partial charge in [0.1, 0.15) is 0 Å². The molecule has 0 saturated carbocycles. The maximum atomic E-state index is 12.1.